The van der Waals surface area contributed by atoms with Crippen molar-refractivity contribution < 1.29 is 33.1 Å². The number of aliphatic hydroxyl groups excluding tert-OH is 1. The van der Waals surface area contributed by atoms with Crippen LogP contribution in [0.15, 0.2) is 72.8 Å². The van der Waals surface area contributed by atoms with Gasteiger partial charge in [-0.25, -0.2) is 0 Å². The van der Waals surface area contributed by atoms with Gasteiger partial charge in [0.2, 0.25) is 26.1 Å². The molecule has 3 saturated heterocycles. The second-order valence-corrected chi connectivity index (χ2v) is 19.6. The second kappa shape index (κ2) is 15.4. The first-order chi connectivity index (χ1) is 25.9. The fraction of sp³-hybridized carbons (Fsp3) is 0.476. The number of ether oxygens (including phenoxy) is 1. The number of amides is 4. The quantitative estimate of drug-likeness (QED) is 0.178. The minimum absolute atomic E-state index is 0.0186. The van der Waals surface area contributed by atoms with E-state index in [4.69, 9.17) is 4.74 Å². The van der Waals surface area contributed by atoms with Gasteiger partial charge >= 0.3 is 0 Å². The van der Waals surface area contributed by atoms with E-state index in [0.717, 1.165) is 42.5 Å². The molecule has 4 heterocycles. The highest BCUT2D eigenvalue weighted by atomic mass is 28.4. The van der Waals surface area contributed by atoms with E-state index in [1.165, 1.54) is 0 Å². The predicted octanol–water partition coefficient (Wildman–Crippen LogP) is 6.45. The standard InChI is InChI=1S/C42H51FN4O6Si/c1-29-40(54(2,3)43)36(26-39(51)44(23-24-48)27-30-11-5-4-6-12-30)53-42(29)34-25-33(46-22-10-8-14-38(46)50)19-20-35(34)47(41(42)52)28-31-15-17-32(18-16-31)45-21-9-7-13-37(45)49/h4-6,11-12,15-20,25,29,36,40,48H,7-10,13-14,21-24,26-28H2,1-3H3/t29-,36+,40-,42+/m0/s1. The van der Waals surface area contributed by atoms with E-state index in [-0.39, 0.29) is 56.3 Å². The molecule has 3 aromatic rings. The molecule has 3 aromatic carbocycles. The molecule has 12 heteroatoms. The Labute approximate surface area is 318 Å². The fourth-order valence-corrected chi connectivity index (χ4v) is 11.7. The molecule has 4 aliphatic rings. The Kier molecular flexibility index (Phi) is 10.8. The molecule has 1 N–H and O–H groups in total. The van der Waals surface area contributed by atoms with Crippen molar-refractivity contribution in [2.24, 2.45) is 5.92 Å². The van der Waals surface area contributed by atoms with Crippen molar-refractivity contribution in [3.8, 4) is 0 Å². The molecule has 4 atom stereocenters. The molecule has 0 bridgehead atoms. The van der Waals surface area contributed by atoms with Crippen molar-refractivity contribution in [3.63, 3.8) is 0 Å². The Morgan fingerprint density at radius 2 is 1.52 bits per heavy atom. The largest absolute Gasteiger partial charge is 0.395 e. The van der Waals surface area contributed by atoms with Gasteiger partial charge in [0.25, 0.3) is 5.91 Å². The first kappa shape index (κ1) is 37.9. The Morgan fingerprint density at radius 1 is 0.889 bits per heavy atom. The maximum absolute atomic E-state index is 16.7. The highest BCUT2D eigenvalue weighted by Crippen LogP contribution is 2.61. The van der Waals surface area contributed by atoms with Crippen LogP contribution in [0.3, 0.4) is 0 Å². The zero-order valence-electron chi connectivity index (χ0n) is 31.5. The average molecular weight is 755 g/mol. The summed E-state index contributed by atoms with van der Waals surface area (Å²) in [6.07, 6.45) is 3.48. The van der Waals surface area contributed by atoms with E-state index in [1.807, 2.05) is 84.6 Å². The Balaban J connectivity index is 1.24. The van der Waals surface area contributed by atoms with E-state index in [9.17, 15) is 19.5 Å². The Hall–Kier alpha value is -4.39. The van der Waals surface area contributed by atoms with Crippen LogP contribution in [0.2, 0.25) is 18.6 Å². The highest BCUT2D eigenvalue weighted by molar-refractivity contribution is 6.72. The maximum atomic E-state index is 16.7. The summed E-state index contributed by atoms with van der Waals surface area (Å²) in [7, 11) is -3.58. The number of carbonyl (C=O) groups is 4. The van der Waals surface area contributed by atoms with Crippen molar-refractivity contribution in [1.82, 2.24) is 4.90 Å². The predicted molar refractivity (Wildman–Crippen MR) is 208 cm³/mol. The molecule has 0 aliphatic carbocycles. The lowest BCUT2D eigenvalue weighted by atomic mass is 9.82. The molecule has 3 fully saturated rings. The molecule has 4 aliphatic heterocycles. The molecule has 286 valence electrons. The number of piperidine rings is 2. The van der Waals surface area contributed by atoms with E-state index in [0.29, 0.717) is 42.9 Å². The lowest BCUT2D eigenvalue weighted by Crippen LogP contribution is -2.45. The maximum Gasteiger partial charge on any atom is 0.264 e. The minimum Gasteiger partial charge on any atom is -0.395 e. The van der Waals surface area contributed by atoms with Crippen molar-refractivity contribution in [3.05, 3.63) is 89.5 Å². The third kappa shape index (κ3) is 7.11. The van der Waals surface area contributed by atoms with Crippen LogP contribution in [-0.2, 0) is 42.6 Å². The summed E-state index contributed by atoms with van der Waals surface area (Å²) < 4.78 is 23.6. The number of halogens is 1. The summed E-state index contributed by atoms with van der Waals surface area (Å²) in [4.78, 5) is 61.7. The Bertz CT molecular complexity index is 1890. The number of fused-ring (bicyclic) bond motifs is 2. The van der Waals surface area contributed by atoms with Gasteiger partial charge in [0.1, 0.15) is 0 Å². The minimum atomic E-state index is -3.58. The number of anilines is 3. The number of rotatable bonds is 11. The van der Waals surface area contributed by atoms with E-state index < -0.39 is 31.6 Å². The molecule has 10 nitrogen and oxygen atoms in total. The van der Waals surface area contributed by atoms with Gasteiger partial charge in [0.15, 0.2) is 5.60 Å². The van der Waals surface area contributed by atoms with Gasteiger partial charge in [0, 0.05) is 67.4 Å². The summed E-state index contributed by atoms with van der Waals surface area (Å²) in [5.74, 6) is -1.11. The molecule has 0 aromatic heterocycles. The van der Waals surface area contributed by atoms with Crippen molar-refractivity contribution in [2.45, 2.75) is 95.3 Å². The van der Waals surface area contributed by atoms with Crippen LogP contribution in [0.25, 0.3) is 0 Å². The molecule has 0 radical (unpaired) electrons. The van der Waals surface area contributed by atoms with Gasteiger partial charge in [-0.3, -0.25) is 19.2 Å². The van der Waals surface area contributed by atoms with Crippen LogP contribution >= 0.6 is 0 Å². The van der Waals surface area contributed by atoms with Crippen LogP contribution in [0.4, 0.5) is 21.2 Å². The topological polar surface area (TPSA) is 111 Å². The first-order valence-electron chi connectivity index (χ1n) is 19.4. The van der Waals surface area contributed by atoms with E-state index in [2.05, 4.69) is 0 Å². The molecular weight excluding hydrogens is 704 g/mol. The second-order valence-electron chi connectivity index (χ2n) is 15.8. The van der Waals surface area contributed by atoms with Crippen molar-refractivity contribution in [1.29, 1.82) is 0 Å². The third-order valence-corrected chi connectivity index (χ3v) is 14.3. The summed E-state index contributed by atoms with van der Waals surface area (Å²) in [6, 6.07) is 22.8. The van der Waals surface area contributed by atoms with Gasteiger partial charge in [-0.05, 0) is 80.2 Å². The number of carbonyl (C=O) groups excluding carboxylic acids is 4. The van der Waals surface area contributed by atoms with Crippen LogP contribution in [-0.4, -0.2) is 74.4 Å². The third-order valence-electron chi connectivity index (χ3n) is 11.8. The molecule has 7 rings (SSSR count). The normalized spacial score (nSPS) is 24.4. The molecule has 54 heavy (non-hydrogen) atoms. The SMILES string of the molecule is C[C@H]1[C@H]([Si](C)(C)F)[C@@H](CC(=O)N(CCO)Cc2ccccc2)O[C@]12C(=O)N(Cc1ccc(N3CCCCC3=O)cc1)c1ccc(N3CCCCC3=O)cc12. The summed E-state index contributed by atoms with van der Waals surface area (Å²) in [5.41, 5.74) is 2.17. The monoisotopic (exact) mass is 754 g/mol. The summed E-state index contributed by atoms with van der Waals surface area (Å²) in [6.45, 7) is 6.70. The smallest absolute Gasteiger partial charge is 0.264 e. The van der Waals surface area contributed by atoms with Gasteiger partial charge in [-0.2, -0.15) is 0 Å². The lowest BCUT2D eigenvalue weighted by molar-refractivity contribution is -0.150. The number of hydrogen-bond acceptors (Lipinski definition) is 6. The molecule has 4 amide bonds. The van der Waals surface area contributed by atoms with Crippen molar-refractivity contribution >= 4 is 49.1 Å². The molecule has 0 unspecified atom stereocenters. The van der Waals surface area contributed by atoms with Gasteiger partial charge in [0.05, 0.1) is 31.4 Å². The fourth-order valence-electron chi connectivity index (χ4n) is 9.20. The molecule has 1 spiro atoms. The molecular formula is C42H51FN4O6Si. The number of benzene rings is 3. The number of aliphatic hydroxyl groups is 1. The highest BCUT2D eigenvalue weighted by Gasteiger charge is 2.67. The van der Waals surface area contributed by atoms with E-state index >= 15 is 8.90 Å². The van der Waals surface area contributed by atoms with Crippen LogP contribution in [0.5, 0.6) is 0 Å². The zero-order valence-corrected chi connectivity index (χ0v) is 32.5. The average Bonchev–Trinajstić information content (AvgIpc) is 3.58. The zero-order chi connectivity index (χ0) is 38.2. The number of nitrogens with zero attached hydrogens (tertiary/aromatic N) is 4. The van der Waals surface area contributed by atoms with Crippen LogP contribution in [0.1, 0.15) is 68.6 Å². The van der Waals surface area contributed by atoms with E-state index in [1.54, 1.807) is 27.8 Å². The van der Waals surface area contributed by atoms with Gasteiger partial charge in [-0.1, -0.05) is 49.4 Å². The number of hydrogen-bond donors (Lipinski definition) is 1. The van der Waals surface area contributed by atoms with Gasteiger partial charge < -0.3 is 33.6 Å². The van der Waals surface area contributed by atoms with Gasteiger partial charge in [-0.15, -0.1) is 0 Å². The van der Waals surface area contributed by atoms with Crippen molar-refractivity contribution in [2.75, 3.05) is 40.9 Å². The summed E-state index contributed by atoms with van der Waals surface area (Å²) >= 11 is 0. The van der Waals surface area contributed by atoms with Crippen LogP contribution < -0.4 is 14.7 Å². The lowest BCUT2D eigenvalue weighted by Gasteiger charge is -2.32. The van der Waals surface area contributed by atoms with Crippen LogP contribution in [0, 0.1) is 5.92 Å². The first-order valence-corrected chi connectivity index (χ1v) is 22.3. The Morgan fingerprint density at radius 3 is 2.13 bits per heavy atom. The molecule has 0 saturated carbocycles. The summed E-state index contributed by atoms with van der Waals surface area (Å²) in [5, 5.41) is 9.88.